The van der Waals surface area contributed by atoms with E-state index in [0.29, 0.717) is 36.9 Å². The molecule has 2 aromatic rings. The Labute approximate surface area is 223 Å². The number of carbonyl (C=O) groups is 1. The second-order valence-electron chi connectivity index (χ2n) is 12.0. The number of hydrogen-bond donors (Lipinski definition) is 3. The molecule has 1 aliphatic rings. The van der Waals surface area contributed by atoms with Crippen molar-refractivity contribution in [2.75, 3.05) is 13.2 Å². The van der Waals surface area contributed by atoms with Crippen molar-refractivity contribution < 1.29 is 14.6 Å². The highest BCUT2D eigenvalue weighted by Crippen LogP contribution is 2.21. The molecule has 0 radical (unpaired) electrons. The molecular formula is C31H47N3O3. The van der Waals surface area contributed by atoms with Gasteiger partial charge in [-0.2, -0.15) is 0 Å². The minimum atomic E-state index is -0.699. The van der Waals surface area contributed by atoms with Crippen molar-refractivity contribution in [3.8, 4) is 5.75 Å². The molecule has 2 heterocycles. The first-order valence-corrected chi connectivity index (χ1v) is 14.0. The molecule has 1 aromatic carbocycles. The molecule has 3 atom stereocenters. The fraction of sp³-hybridized carbons (Fsp3) is 0.613. The second-order valence-corrected chi connectivity index (χ2v) is 12.0. The van der Waals surface area contributed by atoms with Crippen LogP contribution < -0.4 is 15.4 Å². The van der Waals surface area contributed by atoms with Crippen LogP contribution >= 0.6 is 0 Å². The number of aliphatic hydroxyl groups is 1. The predicted octanol–water partition coefficient (Wildman–Crippen LogP) is 5.68. The summed E-state index contributed by atoms with van der Waals surface area (Å²) in [6.45, 7) is 10.6. The van der Waals surface area contributed by atoms with Crippen LogP contribution in [-0.2, 0) is 13.0 Å². The van der Waals surface area contributed by atoms with Crippen LogP contribution in [0.5, 0.6) is 5.75 Å². The molecule has 3 N–H and O–H groups in total. The Morgan fingerprint density at radius 1 is 1.11 bits per heavy atom. The van der Waals surface area contributed by atoms with Crippen LogP contribution in [0.25, 0.3) is 0 Å². The lowest BCUT2D eigenvalue weighted by Gasteiger charge is -2.27. The van der Waals surface area contributed by atoms with E-state index >= 15 is 0 Å². The van der Waals surface area contributed by atoms with Crippen LogP contribution in [-0.4, -0.2) is 41.3 Å². The molecule has 0 saturated carbocycles. The van der Waals surface area contributed by atoms with Gasteiger partial charge in [0.2, 0.25) is 0 Å². The summed E-state index contributed by atoms with van der Waals surface area (Å²) in [5.74, 6) is 0.961. The van der Waals surface area contributed by atoms with Gasteiger partial charge in [-0.3, -0.25) is 9.78 Å². The minimum absolute atomic E-state index is 0.173. The van der Waals surface area contributed by atoms with Gasteiger partial charge in [-0.15, -0.1) is 0 Å². The molecule has 0 unspecified atom stereocenters. The normalized spacial score (nSPS) is 21.1. The van der Waals surface area contributed by atoms with E-state index in [9.17, 15) is 9.90 Å². The maximum Gasteiger partial charge on any atom is 0.251 e. The molecule has 204 valence electrons. The van der Waals surface area contributed by atoms with Crippen LogP contribution in [0.1, 0.15) is 94.1 Å². The van der Waals surface area contributed by atoms with E-state index < -0.39 is 6.10 Å². The van der Waals surface area contributed by atoms with Crippen LogP contribution in [0.2, 0.25) is 0 Å². The SMILES string of the molecule is C[C@@H]1CCCCCCCOc2cccc(c2)C(=O)N[C@H]([C@H](O)CNCc2cncc(CC(C)(C)C)c2)C1. The molecule has 1 amide bonds. The largest absolute Gasteiger partial charge is 0.494 e. The number of aromatic nitrogens is 1. The third-order valence-corrected chi connectivity index (χ3v) is 6.91. The first kappa shape index (κ1) is 29.1. The summed E-state index contributed by atoms with van der Waals surface area (Å²) in [5.41, 5.74) is 3.08. The molecule has 1 aliphatic heterocycles. The number of aliphatic hydroxyl groups excluding tert-OH is 1. The summed E-state index contributed by atoms with van der Waals surface area (Å²) >= 11 is 0. The molecule has 0 spiro atoms. The number of ether oxygens (including phenoxy) is 1. The van der Waals surface area contributed by atoms with E-state index in [0.717, 1.165) is 37.7 Å². The summed E-state index contributed by atoms with van der Waals surface area (Å²) < 4.78 is 5.87. The van der Waals surface area contributed by atoms with Crippen molar-refractivity contribution in [1.29, 1.82) is 0 Å². The zero-order valence-corrected chi connectivity index (χ0v) is 23.3. The Kier molecular flexibility index (Phi) is 11.4. The van der Waals surface area contributed by atoms with Crippen LogP contribution in [0.3, 0.4) is 0 Å². The Bertz CT molecular complexity index is 972. The number of nitrogens with zero attached hydrogens (tertiary/aromatic N) is 1. The highest BCUT2D eigenvalue weighted by Gasteiger charge is 2.24. The second kappa shape index (κ2) is 14.5. The highest BCUT2D eigenvalue weighted by atomic mass is 16.5. The molecule has 3 rings (SSSR count). The van der Waals surface area contributed by atoms with Gasteiger partial charge < -0.3 is 20.5 Å². The lowest BCUT2D eigenvalue weighted by Crippen LogP contribution is -2.48. The molecule has 0 aliphatic carbocycles. The molecule has 6 heteroatoms. The third kappa shape index (κ3) is 10.8. The van der Waals surface area contributed by atoms with Gasteiger partial charge in [0.25, 0.3) is 5.91 Å². The number of hydrogen-bond acceptors (Lipinski definition) is 5. The van der Waals surface area contributed by atoms with E-state index in [1.807, 2.05) is 24.5 Å². The minimum Gasteiger partial charge on any atom is -0.494 e. The number of carbonyl (C=O) groups excluding carboxylic acids is 1. The molecular weight excluding hydrogens is 462 g/mol. The van der Waals surface area contributed by atoms with Crippen molar-refractivity contribution >= 4 is 5.91 Å². The Morgan fingerprint density at radius 3 is 2.68 bits per heavy atom. The molecule has 1 aromatic heterocycles. The smallest absolute Gasteiger partial charge is 0.251 e. The maximum absolute atomic E-state index is 13.1. The van der Waals surface area contributed by atoms with Gasteiger partial charge >= 0.3 is 0 Å². The number of rotatable bonds is 6. The fourth-order valence-corrected chi connectivity index (χ4v) is 5.01. The lowest BCUT2D eigenvalue weighted by molar-refractivity contribution is 0.0792. The zero-order chi connectivity index (χ0) is 26.7. The summed E-state index contributed by atoms with van der Waals surface area (Å²) in [6.07, 6.45) is 11.7. The van der Waals surface area contributed by atoms with Crippen LogP contribution in [0.15, 0.2) is 42.7 Å². The number of nitrogens with one attached hydrogen (secondary N) is 2. The van der Waals surface area contributed by atoms with E-state index in [-0.39, 0.29) is 17.4 Å². The number of benzene rings is 1. The number of pyridine rings is 1. The van der Waals surface area contributed by atoms with E-state index in [1.165, 1.54) is 24.8 Å². The Morgan fingerprint density at radius 2 is 1.86 bits per heavy atom. The average molecular weight is 510 g/mol. The predicted molar refractivity (Wildman–Crippen MR) is 150 cm³/mol. The summed E-state index contributed by atoms with van der Waals surface area (Å²) in [7, 11) is 0. The fourth-order valence-electron chi connectivity index (χ4n) is 5.01. The summed E-state index contributed by atoms with van der Waals surface area (Å²) in [4.78, 5) is 17.5. The van der Waals surface area contributed by atoms with Crippen LogP contribution in [0, 0.1) is 11.3 Å². The van der Waals surface area contributed by atoms with Gasteiger partial charge in [-0.25, -0.2) is 0 Å². The average Bonchev–Trinajstić information content (AvgIpc) is 2.84. The topological polar surface area (TPSA) is 83.5 Å². The van der Waals surface area contributed by atoms with Crippen LogP contribution in [0.4, 0.5) is 0 Å². The highest BCUT2D eigenvalue weighted by molar-refractivity contribution is 5.94. The number of amides is 1. The molecule has 37 heavy (non-hydrogen) atoms. The van der Waals surface area contributed by atoms with Gasteiger partial charge in [0.1, 0.15) is 5.75 Å². The van der Waals surface area contributed by atoms with Crippen molar-refractivity contribution in [1.82, 2.24) is 15.6 Å². The zero-order valence-electron chi connectivity index (χ0n) is 23.3. The van der Waals surface area contributed by atoms with Gasteiger partial charge in [0, 0.05) is 31.0 Å². The van der Waals surface area contributed by atoms with Gasteiger partial charge in [-0.1, -0.05) is 71.9 Å². The Balaban J connectivity index is 1.64. The van der Waals surface area contributed by atoms with E-state index in [1.54, 1.807) is 12.1 Å². The summed E-state index contributed by atoms with van der Waals surface area (Å²) in [6, 6.07) is 9.19. The van der Waals surface area contributed by atoms with Crippen molar-refractivity contribution in [3.63, 3.8) is 0 Å². The van der Waals surface area contributed by atoms with Crippen molar-refractivity contribution in [2.24, 2.45) is 11.3 Å². The quantitative estimate of drug-likeness (QED) is 0.467. The standard InChI is InChI=1S/C31H47N3O3/c1-23-11-8-6-5-7-9-14-37-27-13-10-12-26(17-27)30(36)34-28(15-23)29(35)22-33-21-25-16-24(19-32-20-25)18-31(2,3)4/h10,12-13,16-17,19-20,23,28-29,33,35H,5-9,11,14-15,18,21-22H2,1-4H3,(H,34,36)/t23-,28+,29-/m1/s1. The summed E-state index contributed by atoms with van der Waals surface area (Å²) in [5, 5.41) is 17.6. The van der Waals surface area contributed by atoms with E-state index in [2.05, 4.69) is 49.4 Å². The maximum atomic E-state index is 13.1. The first-order valence-electron chi connectivity index (χ1n) is 14.0. The monoisotopic (exact) mass is 509 g/mol. The van der Waals surface area contributed by atoms with Gasteiger partial charge in [0.05, 0.1) is 18.8 Å². The molecule has 6 nitrogen and oxygen atoms in total. The number of fused-ring (bicyclic) bond motifs is 2. The van der Waals surface area contributed by atoms with E-state index in [4.69, 9.17) is 4.74 Å². The molecule has 0 saturated heterocycles. The first-order chi connectivity index (χ1) is 17.7. The lowest BCUT2D eigenvalue weighted by atomic mass is 9.88. The molecule has 2 bridgehead atoms. The Hall–Kier alpha value is -2.44. The molecule has 0 fully saturated rings. The van der Waals surface area contributed by atoms with Crippen molar-refractivity contribution in [2.45, 2.75) is 97.8 Å². The van der Waals surface area contributed by atoms with Crippen molar-refractivity contribution in [3.05, 3.63) is 59.4 Å². The van der Waals surface area contributed by atoms with Gasteiger partial charge in [-0.05, 0) is 59.9 Å². The third-order valence-electron chi connectivity index (χ3n) is 6.91. The van der Waals surface area contributed by atoms with Gasteiger partial charge in [0.15, 0.2) is 0 Å².